The second-order valence-electron chi connectivity index (χ2n) is 4.99. The van der Waals surface area contributed by atoms with Crippen molar-refractivity contribution >= 4 is 16.9 Å². The average Bonchev–Trinajstić information content (AvgIpc) is 2.56. The number of nitrogens with one attached hydrogen (secondary N) is 1. The minimum Gasteiger partial charge on any atom is -0.350 e. The highest BCUT2D eigenvalue weighted by Crippen LogP contribution is 2.10. The fourth-order valence-corrected chi connectivity index (χ4v) is 2.19. The first-order valence-corrected chi connectivity index (χ1v) is 7.07. The van der Waals surface area contributed by atoms with Gasteiger partial charge in [-0.15, -0.1) is 0 Å². The number of para-hydroxylation sites is 2. The van der Waals surface area contributed by atoms with E-state index in [2.05, 4.69) is 15.3 Å². The zero-order valence-electron chi connectivity index (χ0n) is 12.1. The number of aromatic nitrogens is 2. The number of nitrogens with zero attached hydrogens (tertiary/aromatic N) is 2. The van der Waals surface area contributed by atoms with Crippen LogP contribution in [-0.4, -0.2) is 22.4 Å². The highest BCUT2D eigenvalue weighted by molar-refractivity contribution is 5.93. The van der Waals surface area contributed by atoms with Crippen LogP contribution in [0.25, 0.3) is 11.0 Å². The van der Waals surface area contributed by atoms with Gasteiger partial charge in [-0.25, -0.2) is 13.8 Å². The second kappa shape index (κ2) is 6.48. The van der Waals surface area contributed by atoms with E-state index in [1.165, 1.54) is 18.3 Å². The van der Waals surface area contributed by atoms with Crippen molar-refractivity contribution in [3.63, 3.8) is 0 Å². The smallest absolute Gasteiger partial charge is 0.271 e. The van der Waals surface area contributed by atoms with Crippen molar-refractivity contribution in [3.8, 4) is 0 Å². The van der Waals surface area contributed by atoms with Crippen LogP contribution in [0.4, 0.5) is 8.78 Å². The quantitative estimate of drug-likeness (QED) is 0.806. The molecule has 1 heterocycles. The van der Waals surface area contributed by atoms with E-state index in [0.29, 0.717) is 16.6 Å². The molecular formula is C17H13F2N3O. The summed E-state index contributed by atoms with van der Waals surface area (Å²) in [7, 11) is 0. The molecule has 0 fully saturated rings. The van der Waals surface area contributed by atoms with Crippen LogP contribution in [0.3, 0.4) is 0 Å². The second-order valence-corrected chi connectivity index (χ2v) is 4.99. The first kappa shape index (κ1) is 15.0. The molecule has 116 valence electrons. The maximum Gasteiger partial charge on any atom is 0.271 e. The van der Waals surface area contributed by atoms with Gasteiger partial charge in [0.15, 0.2) is 0 Å². The molecule has 0 spiro atoms. The van der Waals surface area contributed by atoms with Gasteiger partial charge >= 0.3 is 0 Å². The number of rotatable bonds is 4. The van der Waals surface area contributed by atoms with Crippen LogP contribution in [0.2, 0.25) is 0 Å². The molecule has 0 saturated carbocycles. The first-order valence-electron chi connectivity index (χ1n) is 7.07. The Morgan fingerprint density at radius 3 is 2.65 bits per heavy atom. The summed E-state index contributed by atoms with van der Waals surface area (Å²) in [5.74, 6) is -1.63. The molecular weight excluding hydrogens is 300 g/mol. The van der Waals surface area contributed by atoms with Crippen LogP contribution >= 0.6 is 0 Å². The molecule has 0 bridgehead atoms. The van der Waals surface area contributed by atoms with E-state index in [4.69, 9.17) is 0 Å². The van der Waals surface area contributed by atoms with Gasteiger partial charge in [0.25, 0.3) is 5.91 Å². The van der Waals surface area contributed by atoms with Crippen molar-refractivity contribution in [2.75, 3.05) is 6.54 Å². The summed E-state index contributed by atoms with van der Waals surface area (Å²) in [6.07, 6.45) is 1.66. The van der Waals surface area contributed by atoms with Crippen molar-refractivity contribution in [2.24, 2.45) is 0 Å². The van der Waals surface area contributed by atoms with Crippen molar-refractivity contribution in [3.05, 3.63) is 71.6 Å². The van der Waals surface area contributed by atoms with E-state index in [1.807, 2.05) is 12.1 Å². The minimum absolute atomic E-state index is 0.197. The molecule has 6 heteroatoms. The van der Waals surface area contributed by atoms with E-state index >= 15 is 0 Å². The predicted molar refractivity (Wildman–Crippen MR) is 81.9 cm³/mol. The summed E-state index contributed by atoms with van der Waals surface area (Å²) in [6, 6.07) is 10.6. The SMILES string of the molecule is O=C(NCCc1ccc(F)cc1F)c1cnc2ccccc2n1. The summed E-state index contributed by atoms with van der Waals surface area (Å²) >= 11 is 0. The number of fused-ring (bicyclic) bond motifs is 1. The molecule has 23 heavy (non-hydrogen) atoms. The highest BCUT2D eigenvalue weighted by atomic mass is 19.1. The van der Waals surface area contributed by atoms with Crippen LogP contribution in [0.15, 0.2) is 48.7 Å². The monoisotopic (exact) mass is 313 g/mol. The third kappa shape index (κ3) is 3.48. The Bertz CT molecular complexity index is 867. The van der Waals surface area contributed by atoms with Gasteiger partial charge < -0.3 is 5.32 Å². The van der Waals surface area contributed by atoms with E-state index < -0.39 is 11.6 Å². The number of benzene rings is 2. The topological polar surface area (TPSA) is 54.9 Å². The fourth-order valence-electron chi connectivity index (χ4n) is 2.19. The molecule has 1 amide bonds. The van der Waals surface area contributed by atoms with Crippen LogP contribution < -0.4 is 5.32 Å². The standard InChI is InChI=1S/C17H13F2N3O/c18-12-6-5-11(13(19)9-12)7-8-20-17(23)16-10-21-14-3-1-2-4-15(14)22-16/h1-6,9-10H,7-8H2,(H,20,23). The molecule has 0 aliphatic rings. The summed E-state index contributed by atoms with van der Waals surface area (Å²) in [4.78, 5) is 20.4. The summed E-state index contributed by atoms with van der Waals surface area (Å²) in [5, 5.41) is 2.65. The van der Waals surface area contributed by atoms with E-state index in [1.54, 1.807) is 12.1 Å². The third-order valence-corrected chi connectivity index (χ3v) is 3.38. The molecule has 0 aliphatic heterocycles. The lowest BCUT2D eigenvalue weighted by molar-refractivity contribution is 0.0949. The number of amides is 1. The van der Waals surface area contributed by atoms with Crippen LogP contribution in [-0.2, 0) is 6.42 Å². The Hall–Kier alpha value is -2.89. The van der Waals surface area contributed by atoms with Crippen molar-refractivity contribution in [1.82, 2.24) is 15.3 Å². The summed E-state index contributed by atoms with van der Waals surface area (Å²) in [6.45, 7) is 0.218. The van der Waals surface area contributed by atoms with E-state index in [9.17, 15) is 13.6 Å². The molecule has 3 aromatic rings. The maximum atomic E-state index is 13.5. The molecule has 1 N–H and O–H groups in total. The fraction of sp³-hybridized carbons (Fsp3) is 0.118. The number of hydrogen-bond acceptors (Lipinski definition) is 3. The van der Waals surface area contributed by atoms with Crippen LogP contribution in [0, 0.1) is 11.6 Å². The third-order valence-electron chi connectivity index (χ3n) is 3.38. The lowest BCUT2D eigenvalue weighted by Crippen LogP contribution is -2.27. The predicted octanol–water partition coefficient (Wildman–Crippen LogP) is 2.88. The number of hydrogen-bond donors (Lipinski definition) is 1. The Kier molecular flexibility index (Phi) is 4.23. The van der Waals surface area contributed by atoms with Crippen LogP contribution in [0.5, 0.6) is 0 Å². The van der Waals surface area contributed by atoms with Gasteiger partial charge in [0.2, 0.25) is 0 Å². The Morgan fingerprint density at radius 2 is 1.87 bits per heavy atom. The Labute approximate surface area is 131 Å². The number of carbonyl (C=O) groups is 1. The zero-order valence-corrected chi connectivity index (χ0v) is 12.1. The molecule has 2 aromatic carbocycles. The summed E-state index contributed by atoms with van der Waals surface area (Å²) < 4.78 is 26.3. The van der Waals surface area contributed by atoms with Crippen molar-refractivity contribution < 1.29 is 13.6 Å². The molecule has 0 aliphatic carbocycles. The zero-order chi connectivity index (χ0) is 16.2. The first-order chi connectivity index (χ1) is 11.1. The largest absolute Gasteiger partial charge is 0.350 e. The van der Waals surface area contributed by atoms with E-state index in [0.717, 1.165) is 6.07 Å². The Balaban J connectivity index is 1.64. The van der Waals surface area contributed by atoms with Gasteiger partial charge in [0.1, 0.15) is 17.3 Å². The van der Waals surface area contributed by atoms with Crippen molar-refractivity contribution in [2.45, 2.75) is 6.42 Å². The van der Waals surface area contributed by atoms with Gasteiger partial charge in [-0.2, -0.15) is 0 Å². The lowest BCUT2D eigenvalue weighted by atomic mass is 10.1. The van der Waals surface area contributed by atoms with Gasteiger partial charge in [0, 0.05) is 12.6 Å². The van der Waals surface area contributed by atoms with E-state index in [-0.39, 0.29) is 24.6 Å². The molecule has 1 aromatic heterocycles. The van der Waals surface area contributed by atoms with Crippen molar-refractivity contribution in [1.29, 1.82) is 0 Å². The van der Waals surface area contributed by atoms with Gasteiger partial charge in [-0.3, -0.25) is 9.78 Å². The molecule has 3 rings (SSSR count). The molecule has 0 unspecified atom stereocenters. The van der Waals surface area contributed by atoms with Gasteiger partial charge in [0.05, 0.1) is 17.2 Å². The maximum absolute atomic E-state index is 13.5. The normalized spacial score (nSPS) is 10.7. The van der Waals surface area contributed by atoms with Gasteiger partial charge in [-0.1, -0.05) is 18.2 Å². The minimum atomic E-state index is -0.623. The summed E-state index contributed by atoms with van der Waals surface area (Å²) in [5.41, 5.74) is 1.88. The molecule has 0 radical (unpaired) electrons. The number of halogens is 2. The molecule has 0 atom stereocenters. The molecule has 4 nitrogen and oxygen atoms in total. The number of carbonyl (C=O) groups excluding carboxylic acids is 1. The Morgan fingerprint density at radius 1 is 1.09 bits per heavy atom. The lowest BCUT2D eigenvalue weighted by Gasteiger charge is -2.06. The molecule has 0 saturated heterocycles. The van der Waals surface area contributed by atoms with Gasteiger partial charge in [-0.05, 0) is 30.2 Å². The average molecular weight is 313 g/mol. The highest BCUT2D eigenvalue weighted by Gasteiger charge is 2.09. The van der Waals surface area contributed by atoms with Crippen LogP contribution in [0.1, 0.15) is 16.1 Å².